The molecule has 1 aliphatic rings. The van der Waals surface area contributed by atoms with E-state index in [0.29, 0.717) is 6.54 Å². The van der Waals surface area contributed by atoms with Gasteiger partial charge in [-0.15, -0.1) is 0 Å². The molecule has 1 aliphatic heterocycles. The van der Waals surface area contributed by atoms with Gasteiger partial charge in [-0.1, -0.05) is 0 Å². The third-order valence-electron chi connectivity index (χ3n) is 2.64. The van der Waals surface area contributed by atoms with Crippen LogP contribution in [0.1, 0.15) is 26.2 Å². The second-order valence-electron chi connectivity index (χ2n) is 4.07. The molecule has 2 nitrogen and oxygen atoms in total. The normalized spacial score (nSPS) is 27.6. The molecule has 0 aliphatic carbocycles. The van der Waals surface area contributed by atoms with Crippen LogP contribution in [-0.4, -0.2) is 36.2 Å². The summed E-state index contributed by atoms with van der Waals surface area (Å²) in [6.07, 6.45) is -2.97. The maximum atomic E-state index is 12.1. The van der Waals surface area contributed by atoms with Crippen molar-refractivity contribution >= 4 is 0 Å². The van der Waals surface area contributed by atoms with Crippen LogP contribution in [0.5, 0.6) is 0 Å². The van der Waals surface area contributed by atoms with Gasteiger partial charge in [-0.3, -0.25) is 4.90 Å². The summed E-state index contributed by atoms with van der Waals surface area (Å²) in [5.41, 5.74) is 5.70. The van der Waals surface area contributed by atoms with Crippen LogP contribution in [0, 0.1) is 0 Å². The highest BCUT2D eigenvalue weighted by Gasteiger charge is 2.33. The fraction of sp³-hybridized carbons (Fsp3) is 1.00. The molecule has 1 fully saturated rings. The predicted octanol–water partition coefficient (Wildman–Crippen LogP) is 1.75. The zero-order chi connectivity index (χ0) is 10.8. The van der Waals surface area contributed by atoms with Crippen molar-refractivity contribution in [3.05, 3.63) is 0 Å². The minimum atomic E-state index is -4.07. The third-order valence-corrected chi connectivity index (χ3v) is 2.64. The van der Waals surface area contributed by atoms with Crippen molar-refractivity contribution in [1.29, 1.82) is 0 Å². The van der Waals surface area contributed by atoms with E-state index in [-0.39, 0.29) is 6.04 Å². The topological polar surface area (TPSA) is 29.3 Å². The average molecular weight is 210 g/mol. The van der Waals surface area contributed by atoms with Crippen molar-refractivity contribution in [3.63, 3.8) is 0 Å². The molecule has 0 spiro atoms. The first kappa shape index (κ1) is 11.8. The molecular formula is C9H17F3N2. The van der Waals surface area contributed by atoms with E-state index in [2.05, 4.69) is 0 Å². The monoisotopic (exact) mass is 210 g/mol. The Morgan fingerprint density at radius 3 is 2.64 bits per heavy atom. The lowest BCUT2D eigenvalue weighted by Gasteiger charge is -2.35. The van der Waals surface area contributed by atoms with Crippen LogP contribution in [0.2, 0.25) is 0 Å². The van der Waals surface area contributed by atoms with Crippen LogP contribution in [0.4, 0.5) is 13.2 Å². The summed E-state index contributed by atoms with van der Waals surface area (Å²) < 4.78 is 36.3. The van der Waals surface area contributed by atoms with Gasteiger partial charge in [0.05, 0.1) is 6.42 Å². The van der Waals surface area contributed by atoms with Crippen LogP contribution >= 0.6 is 0 Å². The Morgan fingerprint density at radius 2 is 2.14 bits per heavy atom. The third kappa shape index (κ3) is 3.84. The second-order valence-corrected chi connectivity index (χ2v) is 4.07. The number of piperidine rings is 1. The number of nitrogens with two attached hydrogens (primary N) is 1. The minimum absolute atomic E-state index is 0.0411. The summed E-state index contributed by atoms with van der Waals surface area (Å²) >= 11 is 0. The molecule has 2 unspecified atom stereocenters. The van der Waals surface area contributed by atoms with E-state index in [4.69, 9.17) is 5.73 Å². The van der Waals surface area contributed by atoms with E-state index in [9.17, 15) is 13.2 Å². The second kappa shape index (κ2) is 4.49. The van der Waals surface area contributed by atoms with E-state index in [1.165, 1.54) is 0 Å². The summed E-state index contributed by atoms with van der Waals surface area (Å²) in [6, 6.07) is -0.402. The maximum absolute atomic E-state index is 12.1. The fourth-order valence-electron chi connectivity index (χ4n) is 1.90. The molecular weight excluding hydrogens is 193 g/mol. The van der Waals surface area contributed by atoms with Gasteiger partial charge in [0.1, 0.15) is 0 Å². The van der Waals surface area contributed by atoms with Crippen LogP contribution in [0.25, 0.3) is 0 Å². The predicted molar refractivity (Wildman–Crippen MR) is 48.9 cm³/mol. The molecule has 1 saturated heterocycles. The average Bonchev–Trinajstić information content (AvgIpc) is 2.01. The first-order valence-corrected chi connectivity index (χ1v) is 4.95. The summed E-state index contributed by atoms with van der Waals surface area (Å²) in [5.74, 6) is 0. The van der Waals surface area contributed by atoms with Gasteiger partial charge in [-0.05, 0) is 26.3 Å². The molecule has 0 amide bonds. The van der Waals surface area contributed by atoms with Crippen LogP contribution in [0.15, 0.2) is 0 Å². The molecule has 14 heavy (non-hydrogen) atoms. The number of nitrogens with zero attached hydrogens (tertiary/aromatic N) is 1. The van der Waals surface area contributed by atoms with E-state index in [1.54, 1.807) is 6.92 Å². The molecule has 0 aromatic heterocycles. The molecule has 0 bridgehead atoms. The number of likely N-dealkylation sites (tertiary alicyclic amines) is 1. The maximum Gasteiger partial charge on any atom is 0.390 e. The summed E-state index contributed by atoms with van der Waals surface area (Å²) in [4.78, 5) is 1.83. The molecule has 0 aromatic rings. The number of halogens is 3. The first-order chi connectivity index (χ1) is 6.38. The lowest BCUT2D eigenvalue weighted by molar-refractivity contribution is -0.147. The van der Waals surface area contributed by atoms with Gasteiger partial charge in [0.15, 0.2) is 0 Å². The number of hydrogen-bond donors (Lipinski definition) is 1. The van der Waals surface area contributed by atoms with Gasteiger partial charge in [-0.25, -0.2) is 0 Å². The Kier molecular flexibility index (Phi) is 3.78. The lowest BCUT2D eigenvalue weighted by Crippen LogP contribution is -2.47. The Hall–Kier alpha value is -0.290. The molecule has 1 heterocycles. The first-order valence-electron chi connectivity index (χ1n) is 4.95. The molecule has 1 rings (SSSR count). The van der Waals surface area contributed by atoms with Crippen molar-refractivity contribution < 1.29 is 13.2 Å². The fourth-order valence-corrected chi connectivity index (χ4v) is 1.90. The quantitative estimate of drug-likeness (QED) is 0.752. The van der Waals surface area contributed by atoms with E-state index in [1.807, 2.05) is 4.90 Å². The van der Waals surface area contributed by atoms with Crippen molar-refractivity contribution in [3.8, 4) is 0 Å². The van der Waals surface area contributed by atoms with Gasteiger partial charge in [-0.2, -0.15) is 13.2 Å². The SMILES string of the molecule is CC(CC(F)(F)F)N1CCCC(N)C1. The van der Waals surface area contributed by atoms with Gasteiger partial charge in [0.25, 0.3) is 0 Å². The van der Waals surface area contributed by atoms with Gasteiger partial charge >= 0.3 is 6.18 Å². The van der Waals surface area contributed by atoms with Crippen LogP contribution in [-0.2, 0) is 0 Å². The highest BCUT2D eigenvalue weighted by molar-refractivity contribution is 4.79. The summed E-state index contributed by atoms with van der Waals surface area (Å²) in [5, 5.41) is 0. The molecule has 2 N–H and O–H groups in total. The summed E-state index contributed by atoms with van der Waals surface area (Å²) in [7, 11) is 0. The van der Waals surface area contributed by atoms with Crippen molar-refractivity contribution in [2.24, 2.45) is 5.73 Å². The Bertz CT molecular complexity index is 181. The number of rotatable bonds is 2. The largest absolute Gasteiger partial charge is 0.390 e. The van der Waals surface area contributed by atoms with Crippen LogP contribution in [0.3, 0.4) is 0 Å². The van der Waals surface area contributed by atoms with E-state index >= 15 is 0 Å². The highest BCUT2D eigenvalue weighted by atomic mass is 19.4. The van der Waals surface area contributed by atoms with E-state index < -0.39 is 18.6 Å². The van der Waals surface area contributed by atoms with Crippen molar-refractivity contribution in [2.45, 2.75) is 44.4 Å². The number of hydrogen-bond acceptors (Lipinski definition) is 2. The van der Waals surface area contributed by atoms with E-state index in [0.717, 1.165) is 19.4 Å². The van der Waals surface area contributed by atoms with Gasteiger partial charge < -0.3 is 5.73 Å². The smallest absolute Gasteiger partial charge is 0.327 e. The molecule has 0 aromatic carbocycles. The standard InChI is InChI=1S/C9H17F3N2/c1-7(5-9(10,11)12)14-4-2-3-8(13)6-14/h7-8H,2-6,13H2,1H3. The summed E-state index contributed by atoms with van der Waals surface area (Å²) in [6.45, 7) is 2.95. The Morgan fingerprint density at radius 1 is 1.50 bits per heavy atom. The van der Waals surface area contributed by atoms with Crippen molar-refractivity contribution in [1.82, 2.24) is 4.90 Å². The number of alkyl halides is 3. The molecule has 0 saturated carbocycles. The minimum Gasteiger partial charge on any atom is -0.327 e. The van der Waals surface area contributed by atoms with Gasteiger partial charge in [0.2, 0.25) is 0 Å². The van der Waals surface area contributed by atoms with Gasteiger partial charge in [0, 0.05) is 18.6 Å². The molecule has 84 valence electrons. The van der Waals surface area contributed by atoms with Crippen LogP contribution < -0.4 is 5.73 Å². The Balaban J connectivity index is 2.39. The molecule has 2 atom stereocenters. The molecule has 5 heteroatoms. The molecule has 0 radical (unpaired) electrons. The van der Waals surface area contributed by atoms with Crippen molar-refractivity contribution in [2.75, 3.05) is 13.1 Å². The zero-order valence-electron chi connectivity index (χ0n) is 8.35. The highest BCUT2D eigenvalue weighted by Crippen LogP contribution is 2.25. The lowest BCUT2D eigenvalue weighted by atomic mass is 10.0. The Labute approximate surface area is 82.2 Å². The zero-order valence-corrected chi connectivity index (χ0v) is 8.35.